The summed E-state index contributed by atoms with van der Waals surface area (Å²) in [5, 5.41) is 3.62. The van der Waals surface area contributed by atoms with Gasteiger partial charge in [0.05, 0.1) is 5.75 Å². The first-order valence-corrected chi connectivity index (χ1v) is 9.65. The highest BCUT2D eigenvalue weighted by Crippen LogP contribution is 2.24. The van der Waals surface area contributed by atoms with Gasteiger partial charge < -0.3 is 5.32 Å². The van der Waals surface area contributed by atoms with Gasteiger partial charge in [0.2, 0.25) is 0 Å². The molecule has 0 aromatic rings. The molecule has 1 N–H and O–H groups in total. The van der Waals surface area contributed by atoms with Crippen LogP contribution >= 0.6 is 0 Å². The summed E-state index contributed by atoms with van der Waals surface area (Å²) in [6, 6.07) is 0.474. The van der Waals surface area contributed by atoms with Crippen molar-refractivity contribution in [1.29, 1.82) is 0 Å². The average Bonchev–Trinajstić information content (AvgIpc) is 2.70. The van der Waals surface area contributed by atoms with Crippen LogP contribution in [0.3, 0.4) is 0 Å². The van der Waals surface area contributed by atoms with Crippen LogP contribution in [0.1, 0.15) is 32.6 Å². The first-order valence-electron chi connectivity index (χ1n) is 6.20. The Bertz CT molecular complexity index is 354. The summed E-state index contributed by atoms with van der Waals surface area (Å²) in [4.78, 5) is 0. The summed E-state index contributed by atoms with van der Waals surface area (Å²) < 4.78 is 33.9. The maximum Gasteiger partial charge on any atom is 0.148 e. The summed E-state index contributed by atoms with van der Waals surface area (Å²) in [5.74, 6) is 0.340. The number of hydrogen-bond donors (Lipinski definition) is 1. The van der Waals surface area contributed by atoms with Crippen LogP contribution in [-0.2, 0) is 20.6 Å². The first-order chi connectivity index (χ1) is 7.92. The minimum absolute atomic E-state index is 0.0448. The molecule has 1 aliphatic carbocycles. The van der Waals surface area contributed by atoms with Gasteiger partial charge in [0.1, 0.15) is 9.84 Å². The molecule has 0 aliphatic heterocycles. The van der Waals surface area contributed by atoms with Gasteiger partial charge in [0, 0.05) is 34.1 Å². The lowest BCUT2D eigenvalue weighted by atomic mass is 10.2. The van der Waals surface area contributed by atoms with Gasteiger partial charge in [0.15, 0.2) is 0 Å². The topological polar surface area (TPSA) is 63.2 Å². The molecule has 1 saturated carbocycles. The summed E-state index contributed by atoms with van der Waals surface area (Å²) in [6.07, 6.45) is 5.26. The van der Waals surface area contributed by atoms with E-state index in [2.05, 4.69) is 12.2 Å². The summed E-state index contributed by atoms with van der Waals surface area (Å²) in [6.45, 7) is 3.14. The molecule has 1 fully saturated rings. The van der Waals surface area contributed by atoms with Crippen molar-refractivity contribution in [1.82, 2.24) is 5.32 Å². The molecule has 17 heavy (non-hydrogen) atoms. The lowest BCUT2D eigenvalue weighted by Gasteiger charge is -2.12. The van der Waals surface area contributed by atoms with Crippen molar-refractivity contribution in [2.75, 3.05) is 24.3 Å². The van der Waals surface area contributed by atoms with Crippen LogP contribution in [-0.4, -0.2) is 48.2 Å². The third kappa shape index (κ3) is 5.97. The van der Waals surface area contributed by atoms with Crippen LogP contribution in [0, 0.1) is 0 Å². The van der Waals surface area contributed by atoms with Crippen molar-refractivity contribution in [3.8, 4) is 0 Å². The molecule has 102 valence electrons. The van der Waals surface area contributed by atoms with E-state index in [1.54, 1.807) is 0 Å². The van der Waals surface area contributed by atoms with Gasteiger partial charge in [-0.25, -0.2) is 8.42 Å². The predicted octanol–water partition coefficient (Wildman–Crippen LogP) is 0.700. The molecule has 4 nitrogen and oxygen atoms in total. The molecule has 0 spiro atoms. The molecule has 3 atom stereocenters. The Labute approximate surface area is 107 Å². The normalized spacial score (nSPS) is 27.2. The van der Waals surface area contributed by atoms with Gasteiger partial charge in [-0.15, -0.1) is 0 Å². The second kappa shape index (κ2) is 6.85. The highest BCUT2D eigenvalue weighted by Gasteiger charge is 2.28. The van der Waals surface area contributed by atoms with Crippen molar-refractivity contribution < 1.29 is 12.6 Å². The number of nitrogens with one attached hydrogen (secondary N) is 1. The van der Waals surface area contributed by atoms with Crippen molar-refractivity contribution >= 4 is 20.6 Å². The van der Waals surface area contributed by atoms with Crippen LogP contribution in [0.2, 0.25) is 0 Å². The monoisotopic (exact) mass is 281 g/mol. The molecular formula is C11H23NO3S2. The van der Waals surface area contributed by atoms with Crippen LogP contribution < -0.4 is 5.32 Å². The fourth-order valence-corrected chi connectivity index (χ4v) is 5.16. The highest BCUT2D eigenvalue weighted by molar-refractivity contribution is 7.92. The van der Waals surface area contributed by atoms with Crippen LogP contribution in [0.25, 0.3) is 0 Å². The SMILES string of the molecule is CCCNC1CCC(S(=O)CCS(C)(=O)=O)C1. The molecule has 0 bridgehead atoms. The van der Waals surface area contributed by atoms with Gasteiger partial charge in [-0.2, -0.15) is 0 Å². The molecule has 3 unspecified atom stereocenters. The predicted molar refractivity (Wildman–Crippen MR) is 72.4 cm³/mol. The van der Waals surface area contributed by atoms with E-state index in [4.69, 9.17) is 0 Å². The molecule has 0 saturated heterocycles. The van der Waals surface area contributed by atoms with Crippen molar-refractivity contribution in [2.45, 2.75) is 43.9 Å². The third-order valence-electron chi connectivity index (χ3n) is 3.09. The zero-order valence-electron chi connectivity index (χ0n) is 10.6. The van der Waals surface area contributed by atoms with Gasteiger partial charge in [-0.05, 0) is 32.2 Å². The molecular weight excluding hydrogens is 258 g/mol. The Morgan fingerprint density at radius 3 is 2.65 bits per heavy atom. The van der Waals surface area contributed by atoms with Crippen molar-refractivity contribution in [3.05, 3.63) is 0 Å². The molecule has 1 aliphatic rings. The van der Waals surface area contributed by atoms with Crippen molar-refractivity contribution in [2.24, 2.45) is 0 Å². The fraction of sp³-hybridized carbons (Fsp3) is 1.00. The van der Waals surface area contributed by atoms with E-state index in [9.17, 15) is 12.6 Å². The van der Waals surface area contributed by atoms with Crippen LogP contribution in [0.5, 0.6) is 0 Å². The minimum atomic E-state index is -2.99. The smallest absolute Gasteiger partial charge is 0.148 e. The van der Waals surface area contributed by atoms with Crippen molar-refractivity contribution in [3.63, 3.8) is 0 Å². The Morgan fingerprint density at radius 2 is 2.06 bits per heavy atom. The maximum absolute atomic E-state index is 11.9. The molecule has 0 amide bonds. The lowest BCUT2D eigenvalue weighted by molar-refractivity contribution is 0.523. The van der Waals surface area contributed by atoms with Gasteiger partial charge in [-0.3, -0.25) is 4.21 Å². The van der Waals surface area contributed by atoms with E-state index < -0.39 is 20.6 Å². The van der Waals surface area contributed by atoms with Crippen LogP contribution in [0.4, 0.5) is 0 Å². The largest absolute Gasteiger partial charge is 0.314 e. The summed E-state index contributed by atoms with van der Waals surface area (Å²) in [7, 11) is -3.97. The molecule has 0 aromatic carbocycles. The Hall–Kier alpha value is 0.0600. The van der Waals surface area contributed by atoms with E-state index in [0.29, 0.717) is 11.8 Å². The van der Waals surface area contributed by atoms with Gasteiger partial charge in [0.25, 0.3) is 0 Å². The van der Waals surface area contributed by atoms with E-state index in [-0.39, 0.29) is 11.0 Å². The Balaban J connectivity index is 2.30. The standard InChI is InChI=1S/C11H23NO3S2/c1-3-6-12-10-4-5-11(9-10)16(13)7-8-17(2,14)15/h10-12H,3-9H2,1-2H3. The maximum atomic E-state index is 11.9. The fourth-order valence-electron chi connectivity index (χ4n) is 2.11. The molecule has 0 heterocycles. The summed E-state index contributed by atoms with van der Waals surface area (Å²) >= 11 is 0. The molecule has 1 rings (SSSR count). The Kier molecular flexibility index (Phi) is 6.09. The summed E-state index contributed by atoms with van der Waals surface area (Å²) in [5.41, 5.74) is 0. The lowest BCUT2D eigenvalue weighted by Crippen LogP contribution is -2.28. The highest BCUT2D eigenvalue weighted by atomic mass is 32.2. The second-order valence-electron chi connectivity index (χ2n) is 4.80. The second-order valence-corrected chi connectivity index (χ2v) is 8.90. The van der Waals surface area contributed by atoms with Crippen LogP contribution in [0.15, 0.2) is 0 Å². The zero-order valence-corrected chi connectivity index (χ0v) is 12.3. The minimum Gasteiger partial charge on any atom is -0.314 e. The number of hydrogen-bond acceptors (Lipinski definition) is 4. The van der Waals surface area contributed by atoms with Gasteiger partial charge in [-0.1, -0.05) is 6.92 Å². The molecule has 0 radical (unpaired) electrons. The van der Waals surface area contributed by atoms with E-state index in [1.807, 2.05) is 0 Å². The van der Waals surface area contributed by atoms with E-state index >= 15 is 0 Å². The third-order valence-corrected chi connectivity index (χ3v) is 6.08. The quantitative estimate of drug-likeness (QED) is 0.746. The number of rotatable bonds is 7. The zero-order chi connectivity index (χ0) is 12.9. The molecule has 0 aromatic heterocycles. The van der Waals surface area contributed by atoms with E-state index in [1.165, 1.54) is 6.26 Å². The average molecular weight is 281 g/mol. The van der Waals surface area contributed by atoms with Gasteiger partial charge >= 0.3 is 0 Å². The van der Waals surface area contributed by atoms with E-state index in [0.717, 1.165) is 32.2 Å². The Morgan fingerprint density at radius 1 is 1.35 bits per heavy atom. The first kappa shape index (κ1) is 15.1. The molecule has 6 heteroatoms. The number of sulfone groups is 1.